The van der Waals surface area contributed by atoms with Gasteiger partial charge in [0.05, 0.1) is 19.3 Å². The Morgan fingerprint density at radius 1 is 1.03 bits per heavy atom. The second kappa shape index (κ2) is 12.1. The monoisotopic (exact) mass is 502 g/mol. The normalized spacial score (nSPS) is 10.9. The van der Waals surface area contributed by atoms with Crippen LogP contribution in [0.15, 0.2) is 71.3 Å². The first kappa shape index (κ1) is 25.8. The molecular weight excluding hydrogens is 472 g/mol. The Bertz CT molecular complexity index is 1390. The minimum Gasteiger partial charge on any atom is -0.489 e. The predicted molar refractivity (Wildman–Crippen MR) is 140 cm³/mol. The lowest BCUT2D eigenvalue weighted by Gasteiger charge is -2.14. The molecule has 3 aromatic carbocycles. The molecule has 0 saturated carbocycles. The van der Waals surface area contributed by atoms with E-state index in [9.17, 15) is 14.7 Å². The number of hydrogen-bond acceptors (Lipinski definition) is 6. The van der Waals surface area contributed by atoms with E-state index in [0.29, 0.717) is 37.4 Å². The standard InChI is InChI=1S/C29H30N2O6/c1-2-35-29(34)31-10-8-19-6-7-23(16-27(32)33)26(15-19)37-18-21-13-24-9-11-36-28(24)25(14-21)22-5-3-4-20(12-22)17-30/h3-7,9,11-15H,2,8,10,16-18,30H2,1H3,(H,31,34)(H,32,33). The molecule has 0 fully saturated rings. The van der Waals surface area contributed by atoms with E-state index in [1.807, 2.05) is 54.6 Å². The van der Waals surface area contributed by atoms with E-state index >= 15 is 0 Å². The molecule has 8 nitrogen and oxygen atoms in total. The van der Waals surface area contributed by atoms with Crippen molar-refractivity contribution in [2.75, 3.05) is 13.2 Å². The van der Waals surface area contributed by atoms with Gasteiger partial charge in [0.25, 0.3) is 0 Å². The van der Waals surface area contributed by atoms with Crippen LogP contribution < -0.4 is 15.8 Å². The first-order valence-electron chi connectivity index (χ1n) is 12.1. The van der Waals surface area contributed by atoms with Crippen LogP contribution in [0.1, 0.15) is 29.2 Å². The summed E-state index contributed by atoms with van der Waals surface area (Å²) in [5, 5.41) is 13.0. The minimum atomic E-state index is -0.941. The summed E-state index contributed by atoms with van der Waals surface area (Å²) in [6.07, 6.45) is 1.58. The number of fused-ring (bicyclic) bond motifs is 1. The lowest BCUT2D eigenvalue weighted by Crippen LogP contribution is -2.26. The van der Waals surface area contributed by atoms with Crippen molar-refractivity contribution in [1.82, 2.24) is 5.32 Å². The summed E-state index contributed by atoms with van der Waals surface area (Å²) in [5.41, 5.74) is 12.0. The molecule has 0 unspecified atom stereocenters. The molecule has 0 atom stereocenters. The zero-order valence-electron chi connectivity index (χ0n) is 20.7. The Morgan fingerprint density at radius 3 is 2.68 bits per heavy atom. The SMILES string of the molecule is CCOC(=O)NCCc1ccc(CC(=O)O)c(OCc2cc(-c3cccc(CN)c3)c3occc3c2)c1. The summed E-state index contributed by atoms with van der Waals surface area (Å²) in [7, 11) is 0. The molecule has 0 saturated heterocycles. The molecule has 0 bridgehead atoms. The molecule has 0 aliphatic heterocycles. The van der Waals surface area contributed by atoms with Gasteiger partial charge in [-0.15, -0.1) is 0 Å². The number of carbonyl (C=O) groups excluding carboxylic acids is 1. The quantitative estimate of drug-likeness (QED) is 0.262. The second-order valence-corrected chi connectivity index (χ2v) is 8.59. The van der Waals surface area contributed by atoms with Crippen molar-refractivity contribution >= 4 is 23.0 Å². The molecule has 8 heteroatoms. The van der Waals surface area contributed by atoms with Crippen molar-refractivity contribution in [2.45, 2.75) is 32.9 Å². The first-order valence-corrected chi connectivity index (χ1v) is 12.1. The Labute approximate surface area is 215 Å². The van der Waals surface area contributed by atoms with Gasteiger partial charge in [-0.1, -0.05) is 30.3 Å². The fourth-order valence-corrected chi connectivity index (χ4v) is 4.16. The molecule has 4 N–H and O–H groups in total. The molecule has 192 valence electrons. The van der Waals surface area contributed by atoms with E-state index in [2.05, 4.69) is 5.32 Å². The van der Waals surface area contributed by atoms with Crippen LogP contribution in [-0.2, 0) is 35.5 Å². The van der Waals surface area contributed by atoms with Gasteiger partial charge < -0.3 is 30.0 Å². The molecule has 1 amide bonds. The third-order valence-corrected chi connectivity index (χ3v) is 5.91. The van der Waals surface area contributed by atoms with Gasteiger partial charge >= 0.3 is 12.1 Å². The third kappa shape index (κ3) is 6.68. The number of amides is 1. The summed E-state index contributed by atoms with van der Waals surface area (Å²) in [5.74, 6) is -0.446. The highest BCUT2D eigenvalue weighted by Crippen LogP contribution is 2.32. The summed E-state index contributed by atoms with van der Waals surface area (Å²) < 4.78 is 16.8. The molecule has 4 aromatic rings. The number of aliphatic carboxylic acids is 1. The summed E-state index contributed by atoms with van der Waals surface area (Å²) in [4.78, 5) is 23.0. The number of alkyl carbamates (subject to hydrolysis) is 1. The van der Waals surface area contributed by atoms with Gasteiger partial charge in [-0.25, -0.2) is 4.79 Å². The van der Waals surface area contributed by atoms with Crippen LogP contribution in [0.4, 0.5) is 4.79 Å². The zero-order valence-corrected chi connectivity index (χ0v) is 20.7. The van der Waals surface area contributed by atoms with Crippen molar-refractivity contribution in [3.8, 4) is 16.9 Å². The number of carboxylic acids is 1. The van der Waals surface area contributed by atoms with Crippen molar-refractivity contribution in [3.63, 3.8) is 0 Å². The number of hydrogen-bond donors (Lipinski definition) is 3. The maximum Gasteiger partial charge on any atom is 0.407 e. The van der Waals surface area contributed by atoms with Crippen molar-refractivity contribution in [2.24, 2.45) is 5.73 Å². The molecule has 0 spiro atoms. The van der Waals surface area contributed by atoms with Gasteiger partial charge in [0.1, 0.15) is 17.9 Å². The number of carbonyl (C=O) groups is 2. The van der Waals surface area contributed by atoms with Crippen LogP contribution in [0.2, 0.25) is 0 Å². The zero-order chi connectivity index (χ0) is 26.2. The molecule has 0 radical (unpaired) electrons. The van der Waals surface area contributed by atoms with Gasteiger partial charge in [0.15, 0.2) is 0 Å². The van der Waals surface area contributed by atoms with Crippen molar-refractivity contribution in [1.29, 1.82) is 0 Å². The van der Waals surface area contributed by atoms with E-state index in [1.54, 1.807) is 19.3 Å². The van der Waals surface area contributed by atoms with E-state index in [0.717, 1.165) is 38.8 Å². The number of benzene rings is 3. The molecule has 1 heterocycles. The lowest BCUT2D eigenvalue weighted by atomic mass is 9.99. The van der Waals surface area contributed by atoms with E-state index in [-0.39, 0.29) is 13.0 Å². The number of furan rings is 1. The molecule has 0 aliphatic rings. The molecule has 1 aromatic heterocycles. The predicted octanol–water partition coefficient (Wildman–Crippen LogP) is 5.05. The van der Waals surface area contributed by atoms with Crippen molar-refractivity contribution in [3.05, 3.63) is 89.2 Å². The Balaban J connectivity index is 1.57. The number of carboxylic acid groups (broad SMARTS) is 1. The molecule has 0 aliphatic carbocycles. The molecular formula is C29H30N2O6. The third-order valence-electron chi connectivity index (χ3n) is 5.91. The average molecular weight is 503 g/mol. The topological polar surface area (TPSA) is 124 Å². The van der Waals surface area contributed by atoms with Gasteiger partial charge in [-0.05, 0) is 65.9 Å². The maximum atomic E-state index is 11.5. The van der Waals surface area contributed by atoms with Gasteiger partial charge in [0.2, 0.25) is 0 Å². The van der Waals surface area contributed by atoms with Crippen LogP contribution in [-0.4, -0.2) is 30.3 Å². The van der Waals surface area contributed by atoms with Gasteiger partial charge in [-0.3, -0.25) is 4.79 Å². The van der Waals surface area contributed by atoms with Crippen LogP contribution in [0.25, 0.3) is 22.1 Å². The minimum absolute atomic E-state index is 0.158. The summed E-state index contributed by atoms with van der Waals surface area (Å²) in [6.45, 7) is 3.12. The van der Waals surface area contributed by atoms with Crippen LogP contribution in [0.5, 0.6) is 5.75 Å². The fraction of sp³-hybridized carbons (Fsp3) is 0.241. The first-order chi connectivity index (χ1) is 18.0. The summed E-state index contributed by atoms with van der Waals surface area (Å²) >= 11 is 0. The van der Waals surface area contributed by atoms with E-state index < -0.39 is 12.1 Å². The number of ether oxygens (including phenoxy) is 2. The average Bonchev–Trinajstić information content (AvgIpc) is 3.37. The molecule has 37 heavy (non-hydrogen) atoms. The number of nitrogens with one attached hydrogen (secondary N) is 1. The highest BCUT2D eigenvalue weighted by atomic mass is 16.5. The fourth-order valence-electron chi connectivity index (χ4n) is 4.16. The maximum absolute atomic E-state index is 11.5. The highest BCUT2D eigenvalue weighted by Gasteiger charge is 2.13. The Hall–Kier alpha value is -4.30. The van der Waals surface area contributed by atoms with E-state index in [1.165, 1.54) is 0 Å². The smallest absolute Gasteiger partial charge is 0.407 e. The van der Waals surface area contributed by atoms with Crippen LogP contribution in [0, 0.1) is 0 Å². The lowest BCUT2D eigenvalue weighted by molar-refractivity contribution is -0.136. The van der Waals surface area contributed by atoms with Gasteiger partial charge in [0, 0.05) is 29.6 Å². The second-order valence-electron chi connectivity index (χ2n) is 8.59. The molecule has 4 rings (SSSR count). The van der Waals surface area contributed by atoms with Crippen molar-refractivity contribution < 1.29 is 28.6 Å². The number of nitrogens with two attached hydrogens (primary N) is 1. The Kier molecular flexibility index (Phi) is 8.43. The van der Waals surface area contributed by atoms with Gasteiger partial charge in [-0.2, -0.15) is 0 Å². The highest BCUT2D eigenvalue weighted by molar-refractivity contribution is 5.93. The van der Waals surface area contributed by atoms with Crippen LogP contribution in [0.3, 0.4) is 0 Å². The number of rotatable bonds is 11. The van der Waals surface area contributed by atoms with Crippen LogP contribution >= 0.6 is 0 Å². The largest absolute Gasteiger partial charge is 0.489 e. The Morgan fingerprint density at radius 2 is 1.89 bits per heavy atom. The van der Waals surface area contributed by atoms with E-state index in [4.69, 9.17) is 19.6 Å². The summed E-state index contributed by atoms with van der Waals surface area (Å²) in [6, 6.07) is 19.4.